The van der Waals surface area contributed by atoms with E-state index in [2.05, 4.69) is 21.2 Å². The van der Waals surface area contributed by atoms with Gasteiger partial charge in [-0.3, -0.25) is 4.79 Å². The van der Waals surface area contributed by atoms with Gasteiger partial charge in [0.05, 0.1) is 6.04 Å². The molecule has 2 nitrogen and oxygen atoms in total. The summed E-state index contributed by atoms with van der Waals surface area (Å²) < 4.78 is 13.3. The average Bonchev–Trinajstić information content (AvgIpc) is 2.18. The van der Waals surface area contributed by atoms with E-state index in [9.17, 15) is 9.18 Å². The lowest BCUT2D eigenvalue weighted by atomic mass is 10.1. The number of rotatable bonds is 4. The molecule has 1 aromatic carbocycles. The van der Waals surface area contributed by atoms with Crippen LogP contribution in [0.1, 0.15) is 24.9 Å². The number of amides is 1. The molecule has 0 spiro atoms. The number of carbonyl (C=O) groups excluding carboxylic acids is 1. The summed E-state index contributed by atoms with van der Waals surface area (Å²) in [6, 6.07) is 6.16. The first-order valence-corrected chi connectivity index (χ1v) is 5.87. The van der Waals surface area contributed by atoms with Crippen molar-refractivity contribution in [2.24, 2.45) is 0 Å². The van der Waals surface area contributed by atoms with Gasteiger partial charge < -0.3 is 5.32 Å². The van der Waals surface area contributed by atoms with Crippen molar-refractivity contribution < 1.29 is 9.18 Å². The summed E-state index contributed by atoms with van der Waals surface area (Å²) in [5.41, 5.74) is 0.514. The fourth-order valence-corrected chi connectivity index (χ4v) is 1.66. The molecular weight excluding hydrogens is 261 g/mol. The van der Waals surface area contributed by atoms with Crippen molar-refractivity contribution in [2.45, 2.75) is 19.4 Å². The molecule has 1 rings (SSSR count). The van der Waals surface area contributed by atoms with Gasteiger partial charge in [-0.1, -0.05) is 34.1 Å². The van der Waals surface area contributed by atoms with Crippen molar-refractivity contribution >= 4 is 21.8 Å². The minimum absolute atomic E-state index is 0.0809. The number of carbonyl (C=O) groups is 1. The summed E-state index contributed by atoms with van der Waals surface area (Å²) in [5.74, 6) is -0.369. The summed E-state index contributed by atoms with van der Waals surface area (Å²) >= 11 is 3.18. The molecule has 1 atom stereocenters. The van der Waals surface area contributed by atoms with Crippen molar-refractivity contribution in [2.75, 3.05) is 5.33 Å². The topological polar surface area (TPSA) is 29.1 Å². The zero-order valence-electron chi connectivity index (χ0n) is 8.47. The van der Waals surface area contributed by atoms with Gasteiger partial charge >= 0.3 is 0 Å². The van der Waals surface area contributed by atoms with E-state index in [1.54, 1.807) is 25.1 Å². The number of nitrogens with one attached hydrogen (secondary N) is 1. The first-order chi connectivity index (χ1) is 7.15. The van der Waals surface area contributed by atoms with Crippen LogP contribution in [0.2, 0.25) is 0 Å². The third-order valence-corrected chi connectivity index (χ3v) is 2.47. The Bertz CT molecular complexity index is 343. The molecule has 0 unspecified atom stereocenters. The van der Waals surface area contributed by atoms with E-state index < -0.39 is 0 Å². The van der Waals surface area contributed by atoms with Crippen molar-refractivity contribution in [3.05, 3.63) is 35.6 Å². The Kier molecular flexibility index (Phi) is 4.75. The molecule has 0 aliphatic rings. The lowest BCUT2D eigenvalue weighted by Crippen LogP contribution is -2.27. The standard InChI is InChI=1S/C11H13BrFNO/c1-8(14-11(15)6-7-12)9-4-2-3-5-10(9)13/h2-5,8H,6-7H2,1H3,(H,14,15)/t8-/m1/s1. The van der Waals surface area contributed by atoms with Crippen LogP contribution >= 0.6 is 15.9 Å². The number of alkyl halides is 1. The van der Waals surface area contributed by atoms with Crippen LogP contribution in [0.3, 0.4) is 0 Å². The maximum atomic E-state index is 13.3. The molecule has 82 valence electrons. The van der Waals surface area contributed by atoms with Crippen molar-refractivity contribution in [3.8, 4) is 0 Å². The summed E-state index contributed by atoms with van der Waals surface area (Å²) in [4.78, 5) is 11.3. The maximum Gasteiger partial charge on any atom is 0.221 e. The van der Waals surface area contributed by atoms with Gasteiger partial charge in [0.1, 0.15) is 5.82 Å². The third kappa shape index (κ3) is 3.63. The summed E-state index contributed by atoms with van der Waals surface area (Å²) in [6.07, 6.45) is 0.402. The van der Waals surface area contributed by atoms with Crippen LogP contribution in [0.25, 0.3) is 0 Å². The van der Waals surface area contributed by atoms with Crippen molar-refractivity contribution in [1.29, 1.82) is 0 Å². The van der Waals surface area contributed by atoms with E-state index in [1.165, 1.54) is 6.07 Å². The molecule has 1 N–H and O–H groups in total. The lowest BCUT2D eigenvalue weighted by Gasteiger charge is -2.14. The smallest absolute Gasteiger partial charge is 0.221 e. The second-order valence-electron chi connectivity index (χ2n) is 3.25. The molecule has 0 saturated carbocycles. The Morgan fingerprint density at radius 1 is 1.53 bits per heavy atom. The highest BCUT2D eigenvalue weighted by Gasteiger charge is 2.12. The first-order valence-electron chi connectivity index (χ1n) is 4.75. The first kappa shape index (κ1) is 12.2. The lowest BCUT2D eigenvalue weighted by molar-refractivity contribution is -0.121. The molecule has 0 radical (unpaired) electrons. The Labute approximate surface area is 97.0 Å². The molecular formula is C11H13BrFNO. The van der Waals surface area contributed by atoms with Gasteiger partial charge in [0, 0.05) is 17.3 Å². The van der Waals surface area contributed by atoms with Gasteiger partial charge in [0.2, 0.25) is 5.91 Å². The van der Waals surface area contributed by atoms with Crippen LogP contribution in [-0.2, 0) is 4.79 Å². The van der Waals surface area contributed by atoms with E-state index in [1.807, 2.05) is 0 Å². The Balaban J connectivity index is 2.65. The number of halogens is 2. The SMILES string of the molecule is C[C@@H](NC(=O)CCBr)c1ccccc1F. The normalized spacial score (nSPS) is 12.2. The number of benzene rings is 1. The predicted molar refractivity (Wildman–Crippen MR) is 61.4 cm³/mol. The quantitative estimate of drug-likeness (QED) is 0.840. The second kappa shape index (κ2) is 5.85. The number of hydrogen-bond acceptors (Lipinski definition) is 1. The molecule has 15 heavy (non-hydrogen) atoms. The zero-order chi connectivity index (χ0) is 11.3. The monoisotopic (exact) mass is 273 g/mol. The summed E-state index contributed by atoms with van der Waals surface area (Å²) in [5, 5.41) is 3.34. The Hall–Kier alpha value is -0.900. The Morgan fingerprint density at radius 2 is 2.20 bits per heavy atom. The zero-order valence-corrected chi connectivity index (χ0v) is 10.1. The van der Waals surface area contributed by atoms with Crippen LogP contribution in [-0.4, -0.2) is 11.2 Å². The van der Waals surface area contributed by atoms with Crippen LogP contribution in [0, 0.1) is 5.82 Å². The average molecular weight is 274 g/mol. The fraction of sp³-hybridized carbons (Fsp3) is 0.364. The van der Waals surface area contributed by atoms with Gasteiger partial charge in [0.25, 0.3) is 0 Å². The van der Waals surface area contributed by atoms with Gasteiger partial charge in [-0.15, -0.1) is 0 Å². The van der Waals surface area contributed by atoms with Gasteiger partial charge in [0.15, 0.2) is 0 Å². The van der Waals surface area contributed by atoms with Crippen LogP contribution in [0.4, 0.5) is 4.39 Å². The molecule has 0 saturated heterocycles. The fourth-order valence-electron chi connectivity index (χ4n) is 1.30. The maximum absolute atomic E-state index is 13.3. The largest absolute Gasteiger partial charge is 0.349 e. The summed E-state index contributed by atoms with van der Waals surface area (Å²) in [6.45, 7) is 1.77. The van der Waals surface area contributed by atoms with Crippen LogP contribution in [0.5, 0.6) is 0 Å². The van der Waals surface area contributed by atoms with Gasteiger partial charge in [-0.2, -0.15) is 0 Å². The highest BCUT2D eigenvalue weighted by Crippen LogP contribution is 2.15. The van der Waals surface area contributed by atoms with E-state index in [4.69, 9.17) is 0 Å². The Morgan fingerprint density at radius 3 is 2.80 bits per heavy atom. The molecule has 1 aromatic rings. The minimum atomic E-state index is -0.294. The molecule has 0 bridgehead atoms. The molecule has 0 heterocycles. The molecule has 1 amide bonds. The van der Waals surface area contributed by atoms with E-state index in [-0.39, 0.29) is 17.8 Å². The van der Waals surface area contributed by atoms with Crippen LogP contribution < -0.4 is 5.32 Å². The van der Waals surface area contributed by atoms with E-state index >= 15 is 0 Å². The third-order valence-electron chi connectivity index (χ3n) is 2.07. The molecule has 0 aliphatic carbocycles. The van der Waals surface area contributed by atoms with Crippen LogP contribution in [0.15, 0.2) is 24.3 Å². The van der Waals surface area contributed by atoms with Gasteiger partial charge in [-0.05, 0) is 13.0 Å². The number of hydrogen-bond donors (Lipinski definition) is 1. The molecule has 0 aliphatic heterocycles. The molecule has 4 heteroatoms. The summed E-state index contributed by atoms with van der Waals surface area (Å²) in [7, 11) is 0. The van der Waals surface area contributed by atoms with Gasteiger partial charge in [-0.25, -0.2) is 4.39 Å². The van der Waals surface area contributed by atoms with E-state index in [0.717, 1.165) is 0 Å². The van der Waals surface area contributed by atoms with Crippen molar-refractivity contribution in [3.63, 3.8) is 0 Å². The predicted octanol–water partition coefficient (Wildman–Crippen LogP) is 2.79. The highest BCUT2D eigenvalue weighted by atomic mass is 79.9. The highest BCUT2D eigenvalue weighted by molar-refractivity contribution is 9.09. The molecule has 0 fully saturated rings. The molecule has 0 aromatic heterocycles. The minimum Gasteiger partial charge on any atom is -0.349 e. The van der Waals surface area contributed by atoms with Crippen molar-refractivity contribution in [1.82, 2.24) is 5.32 Å². The second-order valence-corrected chi connectivity index (χ2v) is 4.04. The van der Waals surface area contributed by atoms with E-state index in [0.29, 0.717) is 17.3 Å².